The average molecular weight is 231 g/mol. The van der Waals surface area contributed by atoms with Crippen LogP contribution in [-0.4, -0.2) is 19.9 Å². The standard InChI is InChI=1S/C14H17NO2/c1-16-13-8-12(9-14(15,10-13)17-2)11-6-4-3-5-7-11/h3-8,10H,9,15H2,1-2H3. The molecule has 1 atom stereocenters. The number of ether oxygens (including phenoxy) is 2. The Balaban J connectivity index is 2.37. The van der Waals surface area contributed by atoms with Crippen molar-refractivity contribution in [2.45, 2.75) is 12.1 Å². The Morgan fingerprint density at radius 3 is 2.47 bits per heavy atom. The maximum atomic E-state index is 6.13. The molecule has 0 heterocycles. The van der Waals surface area contributed by atoms with Gasteiger partial charge in [0, 0.05) is 19.6 Å². The summed E-state index contributed by atoms with van der Waals surface area (Å²) < 4.78 is 10.6. The Morgan fingerprint density at radius 2 is 1.88 bits per heavy atom. The molecule has 0 saturated carbocycles. The molecule has 0 radical (unpaired) electrons. The van der Waals surface area contributed by atoms with Crippen LogP contribution >= 0.6 is 0 Å². The lowest BCUT2D eigenvalue weighted by atomic mass is 9.91. The fourth-order valence-electron chi connectivity index (χ4n) is 1.94. The predicted molar refractivity (Wildman–Crippen MR) is 68.1 cm³/mol. The molecule has 0 bridgehead atoms. The van der Waals surface area contributed by atoms with Crippen molar-refractivity contribution in [1.29, 1.82) is 0 Å². The van der Waals surface area contributed by atoms with Gasteiger partial charge in [0.25, 0.3) is 0 Å². The van der Waals surface area contributed by atoms with Gasteiger partial charge in [-0.25, -0.2) is 0 Å². The molecule has 0 saturated heterocycles. The van der Waals surface area contributed by atoms with E-state index in [2.05, 4.69) is 12.1 Å². The van der Waals surface area contributed by atoms with Crippen molar-refractivity contribution < 1.29 is 9.47 Å². The van der Waals surface area contributed by atoms with E-state index in [1.165, 1.54) is 0 Å². The first-order valence-corrected chi connectivity index (χ1v) is 5.54. The summed E-state index contributed by atoms with van der Waals surface area (Å²) in [5.41, 5.74) is 7.61. The van der Waals surface area contributed by atoms with Gasteiger partial charge in [-0.1, -0.05) is 30.3 Å². The molecule has 1 unspecified atom stereocenters. The van der Waals surface area contributed by atoms with Gasteiger partial charge in [-0.05, 0) is 17.2 Å². The van der Waals surface area contributed by atoms with E-state index in [0.717, 1.165) is 16.9 Å². The summed E-state index contributed by atoms with van der Waals surface area (Å²) in [6, 6.07) is 10.1. The monoisotopic (exact) mass is 231 g/mol. The van der Waals surface area contributed by atoms with Crippen LogP contribution in [0.1, 0.15) is 12.0 Å². The fourth-order valence-corrected chi connectivity index (χ4v) is 1.94. The third-order valence-electron chi connectivity index (χ3n) is 2.93. The zero-order valence-corrected chi connectivity index (χ0v) is 10.1. The van der Waals surface area contributed by atoms with Gasteiger partial charge in [0.05, 0.1) is 7.11 Å². The van der Waals surface area contributed by atoms with E-state index >= 15 is 0 Å². The lowest BCUT2D eigenvalue weighted by Crippen LogP contribution is -2.41. The number of allylic oxidation sites excluding steroid dienone is 1. The third kappa shape index (κ3) is 2.57. The highest BCUT2D eigenvalue weighted by Gasteiger charge is 2.28. The molecular formula is C14H17NO2. The minimum absolute atomic E-state index is 0.639. The number of hydrogen-bond donors (Lipinski definition) is 1. The lowest BCUT2D eigenvalue weighted by Gasteiger charge is -2.29. The van der Waals surface area contributed by atoms with Gasteiger partial charge in [0.15, 0.2) is 0 Å². The van der Waals surface area contributed by atoms with Crippen LogP contribution in [0.15, 0.2) is 48.2 Å². The summed E-state index contributed by atoms with van der Waals surface area (Å²) in [5, 5.41) is 0. The Bertz CT molecular complexity index is 451. The van der Waals surface area contributed by atoms with Gasteiger partial charge in [-0.2, -0.15) is 0 Å². The van der Waals surface area contributed by atoms with E-state index in [0.29, 0.717) is 6.42 Å². The fraction of sp³-hybridized carbons (Fsp3) is 0.286. The zero-order chi connectivity index (χ0) is 12.3. The van der Waals surface area contributed by atoms with E-state index in [4.69, 9.17) is 15.2 Å². The van der Waals surface area contributed by atoms with E-state index < -0.39 is 5.72 Å². The Kier molecular flexibility index (Phi) is 3.31. The first-order chi connectivity index (χ1) is 8.17. The second-order valence-electron chi connectivity index (χ2n) is 4.12. The SMILES string of the molecule is COC1=CC(N)(OC)CC(c2ccccc2)=C1. The van der Waals surface area contributed by atoms with Crippen molar-refractivity contribution in [2.24, 2.45) is 5.73 Å². The zero-order valence-electron chi connectivity index (χ0n) is 10.1. The molecular weight excluding hydrogens is 214 g/mol. The maximum Gasteiger partial charge on any atom is 0.143 e. The van der Waals surface area contributed by atoms with Gasteiger partial charge in [-0.3, -0.25) is 5.73 Å². The highest BCUT2D eigenvalue weighted by molar-refractivity contribution is 5.70. The smallest absolute Gasteiger partial charge is 0.143 e. The van der Waals surface area contributed by atoms with Crippen LogP contribution in [0.2, 0.25) is 0 Å². The van der Waals surface area contributed by atoms with Crippen molar-refractivity contribution in [2.75, 3.05) is 14.2 Å². The molecule has 0 aromatic heterocycles. The molecule has 1 aromatic carbocycles. The molecule has 0 spiro atoms. The van der Waals surface area contributed by atoms with Gasteiger partial charge in [-0.15, -0.1) is 0 Å². The van der Waals surface area contributed by atoms with Crippen LogP contribution < -0.4 is 5.73 Å². The second kappa shape index (κ2) is 4.73. The number of benzene rings is 1. The van der Waals surface area contributed by atoms with Crippen molar-refractivity contribution in [1.82, 2.24) is 0 Å². The Hall–Kier alpha value is -1.58. The first-order valence-electron chi connectivity index (χ1n) is 5.54. The highest BCUT2D eigenvalue weighted by atomic mass is 16.5. The van der Waals surface area contributed by atoms with Crippen LogP contribution in [0.4, 0.5) is 0 Å². The third-order valence-corrected chi connectivity index (χ3v) is 2.93. The van der Waals surface area contributed by atoms with Gasteiger partial charge in [0.1, 0.15) is 11.5 Å². The Morgan fingerprint density at radius 1 is 1.18 bits per heavy atom. The van der Waals surface area contributed by atoms with Crippen molar-refractivity contribution in [3.05, 3.63) is 53.8 Å². The Labute approximate surface area is 102 Å². The summed E-state index contributed by atoms with van der Waals surface area (Å²) in [6.07, 6.45) is 4.44. The maximum absolute atomic E-state index is 6.13. The van der Waals surface area contributed by atoms with E-state index in [1.807, 2.05) is 24.3 Å². The quantitative estimate of drug-likeness (QED) is 0.812. The van der Waals surface area contributed by atoms with Gasteiger partial charge in [0.2, 0.25) is 0 Å². The largest absolute Gasteiger partial charge is 0.497 e. The van der Waals surface area contributed by atoms with Crippen LogP contribution in [0, 0.1) is 0 Å². The van der Waals surface area contributed by atoms with E-state index in [-0.39, 0.29) is 0 Å². The average Bonchev–Trinajstić information content (AvgIpc) is 2.39. The molecule has 1 aromatic rings. The molecule has 2 rings (SSSR count). The van der Waals surface area contributed by atoms with Gasteiger partial charge >= 0.3 is 0 Å². The second-order valence-corrected chi connectivity index (χ2v) is 4.12. The van der Waals surface area contributed by atoms with E-state index in [9.17, 15) is 0 Å². The summed E-state index contributed by atoms with van der Waals surface area (Å²) in [7, 11) is 3.24. The molecule has 2 N–H and O–H groups in total. The molecule has 1 aliphatic carbocycles. The van der Waals surface area contributed by atoms with Gasteiger partial charge < -0.3 is 9.47 Å². The lowest BCUT2D eigenvalue weighted by molar-refractivity contribution is 0.0378. The number of rotatable bonds is 3. The molecule has 3 heteroatoms. The first kappa shape index (κ1) is 11.9. The molecule has 1 aliphatic rings. The summed E-state index contributed by atoms with van der Waals surface area (Å²) >= 11 is 0. The van der Waals surface area contributed by atoms with E-state index in [1.54, 1.807) is 20.3 Å². The van der Waals surface area contributed by atoms with Crippen LogP contribution in [-0.2, 0) is 9.47 Å². The predicted octanol–water partition coefficient (Wildman–Crippen LogP) is 2.31. The van der Waals surface area contributed by atoms with Crippen LogP contribution in [0.25, 0.3) is 5.57 Å². The van der Waals surface area contributed by atoms with Crippen molar-refractivity contribution in [3.8, 4) is 0 Å². The minimum atomic E-state index is -0.786. The van der Waals surface area contributed by atoms with Crippen molar-refractivity contribution >= 4 is 5.57 Å². The summed E-state index contributed by atoms with van der Waals surface area (Å²) in [6.45, 7) is 0. The van der Waals surface area contributed by atoms with Crippen LogP contribution in [0.3, 0.4) is 0 Å². The topological polar surface area (TPSA) is 44.5 Å². The highest BCUT2D eigenvalue weighted by Crippen LogP contribution is 2.31. The molecule has 0 amide bonds. The normalized spacial score (nSPS) is 23.9. The summed E-state index contributed by atoms with van der Waals surface area (Å²) in [4.78, 5) is 0. The number of methoxy groups -OCH3 is 2. The number of hydrogen-bond acceptors (Lipinski definition) is 3. The molecule has 17 heavy (non-hydrogen) atoms. The number of nitrogens with two attached hydrogens (primary N) is 1. The van der Waals surface area contributed by atoms with Crippen molar-refractivity contribution in [3.63, 3.8) is 0 Å². The minimum Gasteiger partial charge on any atom is -0.497 e. The molecule has 3 nitrogen and oxygen atoms in total. The summed E-state index contributed by atoms with van der Waals surface area (Å²) in [5.74, 6) is 0.736. The molecule has 90 valence electrons. The molecule has 0 fully saturated rings. The van der Waals surface area contributed by atoms with Crippen LogP contribution in [0.5, 0.6) is 0 Å². The molecule has 0 aliphatic heterocycles.